The lowest BCUT2D eigenvalue weighted by molar-refractivity contribution is -0.155. The molecule has 0 bridgehead atoms. The summed E-state index contributed by atoms with van der Waals surface area (Å²) in [6.07, 6.45) is 0.354. The molecule has 0 unspecified atom stereocenters. The van der Waals surface area contributed by atoms with Crippen LogP contribution in [0.4, 0.5) is 4.79 Å². The summed E-state index contributed by atoms with van der Waals surface area (Å²) in [5.41, 5.74) is 0.0938. The second-order valence-corrected chi connectivity index (χ2v) is 15.2. The van der Waals surface area contributed by atoms with Crippen LogP contribution < -0.4 is 10.6 Å². The number of rotatable bonds is 16. The number of ketones is 1. The van der Waals surface area contributed by atoms with Gasteiger partial charge < -0.3 is 29.7 Å². The molecule has 1 aromatic carbocycles. The number of likely N-dealkylation sites (tertiary alicyclic amines) is 1. The molecule has 2 aliphatic heterocycles. The molecule has 4 amide bonds. The summed E-state index contributed by atoms with van der Waals surface area (Å²) in [5, 5.41) is 5.75. The molecule has 13 heteroatoms. The molecule has 2 aliphatic rings. The lowest BCUT2D eigenvalue weighted by Crippen LogP contribution is -2.55. The van der Waals surface area contributed by atoms with E-state index >= 15 is 0 Å². The van der Waals surface area contributed by atoms with Crippen molar-refractivity contribution in [2.45, 2.75) is 117 Å². The van der Waals surface area contributed by atoms with E-state index in [1.165, 1.54) is 4.90 Å². The zero-order valence-electron chi connectivity index (χ0n) is 31.4. The lowest BCUT2D eigenvalue weighted by Gasteiger charge is -2.33. The lowest BCUT2D eigenvalue weighted by atomic mass is 9.89. The molecule has 284 valence electrons. The molecule has 13 nitrogen and oxygen atoms in total. The van der Waals surface area contributed by atoms with Crippen molar-refractivity contribution in [2.75, 3.05) is 32.8 Å². The summed E-state index contributed by atoms with van der Waals surface area (Å²) in [4.78, 5) is 83.7. The number of carbonyl (C=O) groups excluding carboxylic acids is 6. The third-order valence-electron chi connectivity index (χ3n) is 8.90. The SMILES string of the molecule is CC(C)C[C@H](NC(=O)[C@@H]1CCCN1C(=O)OCc1ccccc1)C(=O)C[C@@H](CCC(=O)OC(C)(C)C)C(=O)N[C@H](C(=O)N1CCOCC1)C(C)C. The van der Waals surface area contributed by atoms with E-state index in [4.69, 9.17) is 14.2 Å². The maximum absolute atomic E-state index is 14.0. The fourth-order valence-corrected chi connectivity index (χ4v) is 6.23. The van der Waals surface area contributed by atoms with Crippen LogP contribution in [-0.2, 0) is 44.8 Å². The third kappa shape index (κ3) is 13.6. The first-order valence-electron chi connectivity index (χ1n) is 18.2. The molecule has 51 heavy (non-hydrogen) atoms. The highest BCUT2D eigenvalue weighted by atomic mass is 16.6. The van der Waals surface area contributed by atoms with Gasteiger partial charge in [-0.3, -0.25) is 28.9 Å². The highest BCUT2D eigenvalue weighted by Gasteiger charge is 2.38. The van der Waals surface area contributed by atoms with E-state index in [1.807, 2.05) is 58.0 Å². The number of ether oxygens (including phenoxy) is 3. The molecule has 2 saturated heterocycles. The van der Waals surface area contributed by atoms with Crippen molar-refractivity contribution in [1.29, 1.82) is 0 Å². The van der Waals surface area contributed by atoms with Crippen LogP contribution in [0.1, 0.15) is 92.6 Å². The summed E-state index contributed by atoms with van der Waals surface area (Å²) in [5.74, 6) is -3.30. The first-order valence-corrected chi connectivity index (χ1v) is 18.2. The normalized spacial score (nSPS) is 18.2. The first-order chi connectivity index (χ1) is 24.1. The van der Waals surface area contributed by atoms with Crippen molar-refractivity contribution in [3.8, 4) is 0 Å². The van der Waals surface area contributed by atoms with Crippen LogP contribution in [-0.4, -0.2) is 102 Å². The van der Waals surface area contributed by atoms with E-state index in [9.17, 15) is 28.8 Å². The Balaban J connectivity index is 1.75. The molecular weight excluding hydrogens is 656 g/mol. The minimum atomic E-state index is -0.966. The van der Waals surface area contributed by atoms with Gasteiger partial charge in [0.1, 0.15) is 24.3 Å². The van der Waals surface area contributed by atoms with Crippen LogP contribution in [0.3, 0.4) is 0 Å². The smallest absolute Gasteiger partial charge is 0.410 e. The average molecular weight is 715 g/mol. The van der Waals surface area contributed by atoms with Crippen molar-refractivity contribution in [3.63, 3.8) is 0 Å². The summed E-state index contributed by atoms with van der Waals surface area (Å²) in [6.45, 7) is 14.8. The van der Waals surface area contributed by atoms with Crippen LogP contribution in [0.2, 0.25) is 0 Å². The van der Waals surface area contributed by atoms with E-state index in [0.717, 1.165) is 5.56 Å². The molecule has 0 aliphatic carbocycles. The number of carbonyl (C=O) groups is 6. The van der Waals surface area contributed by atoms with Gasteiger partial charge in [0.25, 0.3) is 0 Å². The van der Waals surface area contributed by atoms with Gasteiger partial charge in [0.2, 0.25) is 17.7 Å². The largest absolute Gasteiger partial charge is 0.460 e. The fourth-order valence-electron chi connectivity index (χ4n) is 6.23. The molecule has 1 aromatic rings. The van der Waals surface area contributed by atoms with Crippen LogP contribution in [0, 0.1) is 17.8 Å². The highest BCUT2D eigenvalue weighted by Crippen LogP contribution is 2.23. The van der Waals surface area contributed by atoms with E-state index < -0.39 is 53.5 Å². The Kier molecular flexibility index (Phi) is 15.9. The van der Waals surface area contributed by atoms with Gasteiger partial charge in [-0.25, -0.2) is 4.79 Å². The Morgan fingerprint density at radius 1 is 0.941 bits per heavy atom. The van der Waals surface area contributed by atoms with Crippen LogP contribution in [0.15, 0.2) is 30.3 Å². The summed E-state index contributed by atoms with van der Waals surface area (Å²) in [6, 6.07) is 6.67. The van der Waals surface area contributed by atoms with Crippen molar-refractivity contribution in [2.24, 2.45) is 17.8 Å². The molecule has 0 saturated carbocycles. The average Bonchev–Trinajstić information content (AvgIpc) is 3.57. The minimum absolute atomic E-state index is 0.00898. The van der Waals surface area contributed by atoms with Gasteiger partial charge in [0, 0.05) is 38.4 Å². The van der Waals surface area contributed by atoms with Gasteiger partial charge in [-0.2, -0.15) is 0 Å². The Labute approximate surface area is 302 Å². The van der Waals surface area contributed by atoms with Gasteiger partial charge in [-0.1, -0.05) is 58.0 Å². The fraction of sp³-hybridized carbons (Fsp3) is 0.684. The molecule has 3 rings (SSSR count). The number of esters is 1. The Morgan fingerprint density at radius 3 is 2.22 bits per heavy atom. The number of nitrogens with zero attached hydrogens (tertiary/aromatic N) is 2. The van der Waals surface area contributed by atoms with Gasteiger partial charge in [-0.05, 0) is 63.9 Å². The van der Waals surface area contributed by atoms with Crippen molar-refractivity contribution < 1.29 is 43.0 Å². The summed E-state index contributed by atoms with van der Waals surface area (Å²) >= 11 is 0. The van der Waals surface area contributed by atoms with Crippen molar-refractivity contribution >= 4 is 35.6 Å². The zero-order valence-corrected chi connectivity index (χ0v) is 31.4. The Bertz CT molecular complexity index is 1340. The van der Waals surface area contributed by atoms with Crippen LogP contribution >= 0.6 is 0 Å². The molecular formula is C38H58N4O9. The van der Waals surface area contributed by atoms with E-state index in [2.05, 4.69) is 10.6 Å². The first kappa shape index (κ1) is 41.4. The standard InChI is InChI=1S/C38H58N4O9/c1-25(2)22-29(39-35(46)30-14-11-17-42(30)37(48)50-24-27-12-9-8-10-13-27)31(43)23-28(15-16-32(44)51-38(5,6)7)34(45)40-33(26(3)4)36(47)41-18-20-49-21-19-41/h8-10,12-13,25-26,28-30,33H,11,14-24H2,1-7H3,(H,39,46)(H,40,45)/t28-,29+,30+,33+/m1/s1. The number of benzene rings is 1. The predicted octanol–water partition coefficient (Wildman–Crippen LogP) is 4.02. The number of hydrogen-bond acceptors (Lipinski definition) is 9. The second-order valence-electron chi connectivity index (χ2n) is 15.2. The van der Waals surface area contributed by atoms with Gasteiger partial charge in [-0.15, -0.1) is 0 Å². The summed E-state index contributed by atoms with van der Waals surface area (Å²) in [7, 11) is 0. The number of nitrogens with one attached hydrogen (secondary N) is 2. The highest BCUT2D eigenvalue weighted by molar-refractivity contribution is 5.95. The van der Waals surface area contributed by atoms with Crippen LogP contribution in [0.25, 0.3) is 0 Å². The maximum Gasteiger partial charge on any atom is 0.410 e. The van der Waals surface area contributed by atoms with E-state index in [0.29, 0.717) is 52.1 Å². The monoisotopic (exact) mass is 714 g/mol. The molecule has 0 spiro atoms. The zero-order chi connectivity index (χ0) is 37.7. The van der Waals surface area contributed by atoms with Gasteiger partial charge in [0.05, 0.1) is 19.3 Å². The topological polar surface area (TPSA) is 161 Å². The molecule has 0 radical (unpaired) electrons. The molecule has 0 aromatic heterocycles. The van der Waals surface area contributed by atoms with E-state index in [1.54, 1.807) is 25.7 Å². The van der Waals surface area contributed by atoms with Crippen molar-refractivity contribution in [3.05, 3.63) is 35.9 Å². The van der Waals surface area contributed by atoms with Crippen LogP contribution in [0.5, 0.6) is 0 Å². The molecule has 2 heterocycles. The predicted molar refractivity (Wildman–Crippen MR) is 190 cm³/mol. The summed E-state index contributed by atoms with van der Waals surface area (Å²) < 4.78 is 16.3. The van der Waals surface area contributed by atoms with Crippen molar-refractivity contribution in [1.82, 2.24) is 20.4 Å². The Hall–Kier alpha value is -4.00. The minimum Gasteiger partial charge on any atom is -0.460 e. The van der Waals surface area contributed by atoms with Gasteiger partial charge in [0.15, 0.2) is 5.78 Å². The maximum atomic E-state index is 14.0. The molecule has 2 fully saturated rings. The number of Topliss-reactive ketones (excluding diaryl/α,β-unsaturated/α-hetero) is 1. The molecule has 2 N–H and O–H groups in total. The number of amides is 4. The molecule has 4 atom stereocenters. The third-order valence-corrected chi connectivity index (χ3v) is 8.90. The number of morpholine rings is 1. The quantitative estimate of drug-likeness (QED) is 0.241. The second kappa shape index (κ2) is 19.6. The van der Waals surface area contributed by atoms with Gasteiger partial charge >= 0.3 is 12.1 Å². The van der Waals surface area contributed by atoms with E-state index in [-0.39, 0.29) is 49.4 Å². The Morgan fingerprint density at radius 2 is 1.61 bits per heavy atom. The number of hydrogen-bond donors (Lipinski definition) is 2.